The van der Waals surface area contributed by atoms with Crippen molar-refractivity contribution >= 4 is 45.7 Å². The second kappa shape index (κ2) is 7.41. The zero-order chi connectivity index (χ0) is 17.9. The number of hydrogen-bond acceptors (Lipinski definition) is 6. The number of carbonyl (C=O) groups is 3. The lowest BCUT2D eigenvalue weighted by atomic mass is 10.1. The van der Waals surface area contributed by atoms with Crippen molar-refractivity contribution < 1.29 is 19.1 Å². The van der Waals surface area contributed by atoms with Gasteiger partial charge in [-0.1, -0.05) is 11.6 Å². The molecule has 0 spiro atoms. The highest BCUT2D eigenvalue weighted by molar-refractivity contribution is 7.18. The molecule has 2 rings (SSSR count). The molecule has 0 aromatic carbocycles. The van der Waals surface area contributed by atoms with Crippen LogP contribution in [0.15, 0.2) is 18.3 Å². The molecule has 0 aliphatic rings. The van der Waals surface area contributed by atoms with Gasteiger partial charge in [-0.3, -0.25) is 9.59 Å². The number of ether oxygens (including phenoxy) is 1. The number of carbonyl (C=O) groups excluding carboxylic acids is 3. The summed E-state index contributed by atoms with van der Waals surface area (Å²) in [6.07, 6.45) is 1.45. The number of aromatic nitrogens is 1. The van der Waals surface area contributed by atoms with Crippen LogP contribution in [-0.2, 0) is 4.74 Å². The first-order valence-electron chi connectivity index (χ1n) is 6.89. The van der Waals surface area contributed by atoms with Crippen LogP contribution in [0, 0.1) is 6.92 Å². The van der Waals surface area contributed by atoms with Crippen molar-refractivity contribution in [2.45, 2.75) is 13.8 Å². The molecule has 0 aliphatic heterocycles. The van der Waals surface area contributed by atoms with E-state index in [2.05, 4.69) is 10.3 Å². The standard InChI is InChI=1S/C15H14ClN3O4S/c1-3-23-15(22)10-7(2)9(12(17)20)14(24-10)19-13(21)8-5-4-6-18-11(8)16/h4-6H,3H2,1-2H3,(H2,17,20)(H,19,21). The number of hydrogen-bond donors (Lipinski definition) is 2. The van der Waals surface area contributed by atoms with E-state index in [1.54, 1.807) is 19.9 Å². The molecule has 0 unspecified atom stereocenters. The van der Waals surface area contributed by atoms with Gasteiger partial charge in [0.05, 0.1) is 17.7 Å². The molecule has 9 heteroatoms. The SMILES string of the molecule is CCOC(=O)c1sc(NC(=O)c2cccnc2Cl)c(C(N)=O)c1C. The van der Waals surface area contributed by atoms with Gasteiger partial charge in [0.25, 0.3) is 11.8 Å². The third-order valence-electron chi connectivity index (χ3n) is 3.08. The quantitative estimate of drug-likeness (QED) is 0.623. The number of halogens is 1. The Bertz CT molecular complexity index is 819. The van der Waals surface area contributed by atoms with E-state index in [9.17, 15) is 14.4 Å². The average Bonchev–Trinajstić information content (AvgIpc) is 2.84. The zero-order valence-electron chi connectivity index (χ0n) is 12.9. The first kappa shape index (κ1) is 17.9. The summed E-state index contributed by atoms with van der Waals surface area (Å²) >= 11 is 6.80. The largest absolute Gasteiger partial charge is 0.462 e. The molecule has 24 heavy (non-hydrogen) atoms. The number of thiophene rings is 1. The molecule has 0 saturated carbocycles. The van der Waals surface area contributed by atoms with Crippen molar-refractivity contribution in [1.29, 1.82) is 0 Å². The molecule has 0 atom stereocenters. The topological polar surface area (TPSA) is 111 Å². The summed E-state index contributed by atoms with van der Waals surface area (Å²) in [6.45, 7) is 3.42. The van der Waals surface area contributed by atoms with Crippen LogP contribution in [0.25, 0.3) is 0 Å². The first-order valence-corrected chi connectivity index (χ1v) is 8.08. The van der Waals surface area contributed by atoms with E-state index < -0.39 is 17.8 Å². The Morgan fingerprint density at radius 2 is 2.12 bits per heavy atom. The molecule has 0 bridgehead atoms. The van der Waals surface area contributed by atoms with Gasteiger partial charge in [-0.25, -0.2) is 9.78 Å². The lowest BCUT2D eigenvalue weighted by molar-refractivity contribution is 0.0531. The van der Waals surface area contributed by atoms with Gasteiger partial charge in [0.1, 0.15) is 15.0 Å². The predicted molar refractivity (Wildman–Crippen MR) is 90.7 cm³/mol. The van der Waals surface area contributed by atoms with Gasteiger partial charge in [-0.05, 0) is 31.5 Å². The number of esters is 1. The van der Waals surface area contributed by atoms with E-state index in [0.717, 1.165) is 11.3 Å². The second-order valence-corrected chi connectivity index (χ2v) is 6.02. The predicted octanol–water partition coefficient (Wildman–Crippen LogP) is 2.63. The summed E-state index contributed by atoms with van der Waals surface area (Å²) in [7, 11) is 0. The summed E-state index contributed by atoms with van der Waals surface area (Å²) in [6, 6.07) is 3.04. The third-order valence-corrected chi connectivity index (χ3v) is 4.57. The molecular formula is C15H14ClN3O4S. The Balaban J connectivity index is 2.41. The second-order valence-electron chi connectivity index (χ2n) is 4.64. The van der Waals surface area contributed by atoms with Crippen molar-refractivity contribution in [2.75, 3.05) is 11.9 Å². The van der Waals surface area contributed by atoms with Crippen molar-refractivity contribution in [3.8, 4) is 0 Å². The smallest absolute Gasteiger partial charge is 0.348 e. The molecule has 0 radical (unpaired) electrons. The molecular weight excluding hydrogens is 354 g/mol. The van der Waals surface area contributed by atoms with E-state index in [4.69, 9.17) is 22.1 Å². The van der Waals surface area contributed by atoms with Crippen LogP contribution in [-0.4, -0.2) is 29.4 Å². The van der Waals surface area contributed by atoms with Gasteiger partial charge in [0.15, 0.2) is 0 Å². The molecule has 2 aromatic heterocycles. The maximum Gasteiger partial charge on any atom is 0.348 e. The van der Waals surface area contributed by atoms with Gasteiger partial charge in [0, 0.05) is 6.20 Å². The average molecular weight is 368 g/mol. The molecule has 0 fully saturated rings. The number of anilines is 1. The van der Waals surface area contributed by atoms with Gasteiger partial charge in [-0.15, -0.1) is 11.3 Å². The van der Waals surface area contributed by atoms with Crippen LogP contribution < -0.4 is 11.1 Å². The summed E-state index contributed by atoms with van der Waals surface area (Å²) in [4.78, 5) is 40.0. The highest BCUT2D eigenvalue weighted by Gasteiger charge is 2.25. The highest BCUT2D eigenvalue weighted by atomic mass is 35.5. The minimum absolute atomic E-state index is 0.0227. The molecule has 126 valence electrons. The fourth-order valence-electron chi connectivity index (χ4n) is 2.02. The van der Waals surface area contributed by atoms with Crippen molar-refractivity contribution in [3.05, 3.63) is 45.1 Å². The van der Waals surface area contributed by atoms with Crippen LogP contribution >= 0.6 is 22.9 Å². The Labute approximate surface area is 146 Å². The molecule has 2 aromatic rings. The summed E-state index contributed by atoms with van der Waals surface area (Å²) in [5.41, 5.74) is 5.94. The lowest BCUT2D eigenvalue weighted by Gasteiger charge is -2.05. The van der Waals surface area contributed by atoms with Crippen LogP contribution in [0.4, 0.5) is 5.00 Å². The molecule has 2 amide bonds. The minimum Gasteiger partial charge on any atom is -0.462 e. The minimum atomic E-state index is -0.758. The van der Waals surface area contributed by atoms with Gasteiger partial charge in [0.2, 0.25) is 0 Å². The highest BCUT2D eigenvalue weighted by Crippen LogP contribution is 2.34. The monoisotopic (exact) mass is 367 g/mol. The number of pyridine rings is 1. The summed E-state index contributed by atoms with van der Waals surface area (Å²) < 4.78 is 4.94. The maximum absolute atomic E-state index is 12.3. The van der Waals surface area contributed by atoms with Gasteiger partial charge >= 0.3 is 5.97 Å². The number of rotatable bonds is 5. The third kappa shape index (κ3) is 3.55. The van der Waals surface area contributed by atoms with Gasteiger partial charge in [-0.2, -0.15) is 0 Å². The lowest BCUT2D eigenvalue weighted by Crippen LogP contribution is -2.18. The Morgan fingerprint density at radius 1 is 1.42 bits per heavy atom. The first-order chi connectivity index (χ1) is 11.4. The Hall–Kier alpha value is -2.45. The summed E-state index contributed by atoms with van der Waals surface area (Å²) in [5.74, 6) is -1.90. The molecule has 2 heterocycles. The molecule has 0 saturated heterocycles. The van der Waals surface area contributed by atoms with Crippen molar-refractivity contribution in [1.82, 2.24) is 4.98 Å². The molecule has 3 N–H and O–H groups in total. The van der Waals surface area contributed by atoms with Gasteiger partial charge < -0.3 is 15.8 Å². The van der Waals surface area contributed by atoms with E-state index in [1.807, 2.05) is 0 Å². The molecule has 7 nitrogen and oxygen atoms in total. The number of nitrogens with zero attached hydrogens (tertiary/aromatic N) is 1. The fourth-order valence-corrected chi connectivity index (χ4v) is 3.32. The van der Waals surface area contributed by atoms with E-state index in [-0.39, 0.29) is 32.8 Å². The van der Waals surface area contributed by atoms with Crippen molar-refractivity contribution in [2.24, 2.45) is 5.73 Å². The Morgan fingerprint density at radius 3 is 2.71 bits per heavy atom. The van der Waals surface area contributed by atoms with E-state index in [0.29, 0.717) is 5.56 Å². The summed E-state index contributed by atoms with van der Waals surface area (Å²) in [5, 5.41) is 2.74. The zero-order valence-corrected chi connectivity index (χ0v) is 14.5. The van der Waals surface area contributed by atoms with E-state index >= 15 is 0 Å². The van der Waals surface area contributed by atoms with E-state index in [1.165, 1.54) is 12.3 Å². The number of amides is 2. The van der Waals surface area contributed by atoms with Crippen molar-refractivity contribution in [3.63, 3.8) is 0 Å². The number of nitrogens with one attached hydrogen (secondary N) is 1. The normalized spacial score (nSPS) is 10.3. The Kier molecular flexibility index (Phi) is 5.53. The number of nitrogens with two attached hydrogens (primary N) is 1. The van der Waals surface area contributed by atoms with Crippen LogP contribution in [0.3, 0.4) is 0 Å². The van der Waals surface area contributed by atoms with Crippen LogP contribution in [0.2, 0.25) is 5.15 Å². The fraction of sp³-hybridized carbons (Fsp3) is 0.200. The number of primary amides is 1. The van der Waals surface area contributed by atoms with Crippen LogP contribution in [0.1, 0.15) is 42.9 Å². The molecule has 0 aliphatic carbocycles. The van der Waals surface area contributed by atoms with Crippen LogP contribution in [0.5, 0.6) is 0 Å². The maximum atomic E-state index is 12.3.